The van der Waals surface area contributed by atoms with Gasteiger partial charge >= 0.3 is 0 Å². The van der Waals surface area contributed by atoms with Crippen molar-refractivity contribution < 1.29 is 13.2 Å². The van der Waals surface area contributed by atoms with E-state index in [-0.39, 0.29) is 35.3 Å². The zero-order valence-electron chi connectivity index (χ0n) is 20.4. The maximum atomic E-state index is 16.1. The van der Waals surface area contributed by atoms with Crippen molar-refractivity contribution in [3.63, 3.8) is 0 Å². The third-order valence-electron chi connectivity index (χ3n) is 6.87. The number of likely N-dealkylation sites (tertiary alicyclic amines) is 1. The fourth-order valence-electron chi connectivity index (χ4n) is 5.02. The molecule has 0 aromatic carbocycles. The van der Waals surface area contributed by atoms with Crippen molar-refractivity contribution in [3.8, 4) is 33.9 Å². The molecule has 0 spiro atoms. The Hall–Kier alpha value is -4.71. The second-order valence-corrected chi connectivity index (χ2v) is 9.56. The molecule has 0 saturated carbocycles. The molecule has 1 fully saturated rings. The van der Waals surface area contributed by atoms with Gasteiger partial charge in [0.15, 0.2) is 11.5 Å². The molecule has 39 heavy (non-hydrogen) atoms. The van der Waals surface area contributed by atoms with Crippen molar-refractivity contribution in [2.75, 3.05) is 13.1 Å². The van der Waals surface area contributed by atoms with Crippen LogP contribution < -0.4 is 0 Å². The molecule has 1 saturated heterocycles. The number of nitrogens with one attached hydrogen (secondary N) is 2. The Kier molecular flexibility index (Phi) is 5.37. The minimum absolute atomic E-state index is 0.166. The molecular weight excluding hydrogens is 507 g/mol. The van der Waals surface area contributed by atoms with Crippen LogP contribution in [0.25, 0.3) is 56.0 Å². The molecule has 12 heteroatoms. The van der Waals surface area contributed by atoms with Crippen LogP contribution in [0.15, 0.2) is 61.4 Å². The Labute approximate surface area is 219 Å². The molecule has 0 aliphatic carbocycles. The molecule has 6 aromatic rings. The second-order valence-electron chi connectivity index (χ2n) is 9.56. The van der Waals surface area contributed by atoms with Gasteiger partial charge in [0.1, 0.15) is 17.0 Å². The maximum absolute atomic E-state index is 16.1. The predicted octanol–water partition coefficient (Wildman–Crippen LogP) is 5.00. The lowest BCUT2D eigenvalue weighted by atomic mass is 10.0. The number of alkyl halides is 2. The van der Waals surface area contributed by atoms with E-state index >= 15 is 4.39 Å². The van der Waals surface area contributed by atoms with Gasteiger partial charge in [-0.05, 0) is 29.8 Å². The fraction of sp³-hybridized carbons (Fsp3) is 0.185. The van der Waals surface area contributed by atoms with Crippen LogP contribution in [0.1, 0.15) is 12.0 Å². The van der Waals surface area contributed by atoms with Crippen LogP contribution in [-0.2, 0) is 6.54 Å². The molecule has 0 radical (unpaired) electrons. The molecule has 0 unspecified atom stereocenters. The SMILES string of the molecule is Fc1c(-c2cncc(CN3CCC(F)(F)C3)c2)cnc2[nH]nc(-c3nc4c(-c5ccncc5)nccc4[nH]3)c12. The Morgan fingerprint density at radius 1 is 0.949 bits per heavy atom. The zero-order chi connectivity index (χ0) is 26.6. The lowest BCUT2D eigenvalue weighted by molar-refractivity contribution is 0.0115. The smallest absolute Gasteiger partial charge is 0.261 e. The highest BCUT2D eigenvalue weighted by Crippen LogP contribution is 2.34. The first-order valence-electron chi connectivity index (χ1n) is 12.3. The van der Waals surface area contributed by atoms with Crippen LogP contribution in [0, 0.1) is 5.82 Å². The van der Waals surface area contributed by atoms with E-state index in [2.05, 4.69) is 35.1 Å². The van der Waals surface area contributed by atoms with Crippen LogP contribution in [0.4, 0.5) is 13.2 Å². The average Bonchev–Trinajstić information content (AvgIpc) is 3.65. The number of aromatic amines is 2. The highest BCUT2D eigenvalue weighted by Gasteiger charge is 2.38. The first kappa shape index (κ1) is 23.4. The summed E-state index contributed by atoms with van der Waals surface area (Å²) in [6.07, 6.45) is 9.41. The van der Waals surface area contributed by atoms with Crippen LogP contribution in [0.3, 0.4) is 0 Å². The van der Waals surface area contributed by atoms with Gasteiger partial charge in [-0.3, -0.25) is 25.0 Å². The van der Waals surface area contributed by atoms with Gasteiger partial charge in [0, 0.05) is 73.4 Å². The second kappa shape index (κ2) is 8.95. The van der Waals surface area contributed by atoms with Crippen LogP contribution in [-0.4, -0.2) is 64.0 Å². The molecule has 7 rings (SSSR count). The minimum Gasteiger partial charge on any atom is -0.336 e. The molecule has 1 aliphatic rings. The van der Waals surface area contributed by atoms with E-state index in [9.17, 15) is 8.78 Å². The van der Waals surface area contributed by atoms with Gasteiger partial charge in [0.05, 0.1) is 23.1 Å². The number of aromatic nitrogens is 8. The van der Waals surface area contributed by atoms with Gasteiger partial charge in [-0.1, -0.05) is 0 Å². The summed E-state index contributed by atoms with van der Waals surface area (Å²) in [4.78, 5) is 26.8. The molecule has 1 aliphatic heterocycles. The number of rotatable bonds is 5. The largest absolute Gasteiger partial charge is 0.336 e. The molecule has 6 aromatic heterocycles. The lowest BCUT2D eigenvalue weighted by Crippen LogP contribution is -2.24. The molecule has 7 heterocycles. The van der Waals surface area contributed by atoms with E-state index in [1.54, 1.807) is 41.8 Å². The first-order valence-corrected chi connectivity index (χ1v) is 12.3. The number of hydrogen-bond acceptors (Lipinski definition) is 7. The minimum atomic E-state index is -2.68. The molecular formula is C27H20F3N9. The summed E-state index contributed by atoms with van der Waals surface area (Å²) >= 11 is 0. The summed E-state index contributed by atoms with van der Waals surface area (Å²) in [5.74, 6) is -2.86. The molecule has 194 valence electrons. The topological polar surface area (TPSA) is 112 Å². The van der Waals surface area contributed by atoms with Crippen molar-refractivity contribution in [2.24, 2.45) is 0 Å². The monoisotopic (exact) mass is 527 g/mol. The zero-order valence-corrected chi connectivity index (χ0v) is 20.4. The lowest BCUT2D eigenvalue weighted by Gasteiger charge is -2.15. The number of halogens is 3. The molecule has 0 atom stereocenters. The number of imidazole rings is 1. The van der Waals surface area contributed by atoms with E-state index in [1.165, 1.54) is 12.4 Å². The molecule has 0 amide bonds. The molecule has 0 bridgehead atoms. The van der Waals surface area contributed by atoms with E-state index < -0.39 is 11.7 Å². The summed E-state index contributed by atoms with van der Waals surface area (Å²) in [5.41, 5.74) is 4.81. The average molecular weight is 528 g/mol. The van der Waals surface area contributed by atoms with Gasteiger partial charge in [-0.25, -0.2) is 23.1 Å². The predicted molar refractivity (Wildman–Crippen MR) is 138 cm³/mol. The number of pyridine rings is 4. The van der Waals surface area contributed by atoms with E-state index in [0.717, 1.165) is 11.1 Å². The first-order chi connectivity index (χ1) is 18.9. The van der Waals surface area contributed by atoms with Crippen molar-refractivity contribution >= 4 is 22.1 Å². The van der Waals surface area contributed by atoms with Gasteiger partial charge in [0.2, 0.25) is 0 Å². The Balaban J connectivity index is 1.28. The normalized spacial score (nSPS) is 15.5. The fourth-order valence-corrected chi connectivity index (χ4v) is 5.02. The number of H-pyrrole nitrogens is 2. The van der Waals surface area contributed by atoms with Crippen molar-refractivity contribution in [1.82, 2.24) is 45.0 Å². The maximum Gasteiger partial charge on any atom is 0.261 e. The van der Waals surface area contributed by atoms with Crippen molar-refractivity contribution in [1.29, 1.82) is 0 Å². The van der Waals surface area contributed by atoms with Crippen molar-refractivity contribution in [3.05, 3.63) is 72.8 Å². The van der Waals surface area contributed by atoms with Gasteiger partial charge < -0.3 is 4.98 Å². The summed E-state index contributed by atoms with van der Waals surface area (Å²) in [6, 6.07) is 7.22. The molecule has 2 N–H and O–H groups in total. The molecule has 9 nitrogen and oxygen atoms in total. The highest BCUT2D eigenvalue weighted by molar-refractivity contribution is 5.96. The Bertz CT molecular complexity index is 1830. The quantitative estimate of drug-likeness (QED) is 0.325. The number of fused-ring (bicyclic) bond motifs is 2. The third-order valence-corrected chi connectivity index (χ3v) is 6.87. The highest BCUT2D eigenvalue weighted by atomic mass is 19.3. The summed E-state index contributed by atoms with van der Waals surface area (Å²) < 4.78 is 43.3. The Morgan fingerprint density at radius 3 is 2.64 bits per heavy atom. The van der Waals surface area contributed by atoms with Gasteiger partial charge in [-0.2, -0.15) is 5.10 Å². The standard InChI is InChI=1S/C27H20F3N9/c28-21-18(17-9-15(10-32-11-17)13-39-8-4-27(29,30)14-39)12-34-25-20(21)24(37-38-25)26-35-19-3-7-33-22(23(19)36-26)16-1-5-31-6-2-16/h1-3,5-7,9-12H,4,8,13-14H2,(H,35,36)(H,34,37,38). The summed E-state index contributed by atoms with van der Waals surface area (Å²) in [6.45, 7) is 0.304. The number of hydrogen-bond donors (Lipinski definition) is 2. The third kappa shape index (κ3) is 4.18. The van der Waals surface area contributed by atoms with Gasteiger partial charge in [0.25, 0.3) is 5.92 Å². The van der Waals surface area contributed by atoms with E-state index in [1.807, 2.05) is 12.1 Å². The van der Waals surface area contributed by atoms with E-state index in [4.69, 9.17) is 4.98 Å². The van der Waals surface area contributed by atoms with Crippen molar-refractivity contribution in [2.45, 2.75) is 18.9 Å². The van der Waals surface area contributed by atoms with Crippen LogP contribution in [0.5, 0.6) is 0 Å². The Morgan fingerprint density at radius 2 is 1.82 bits per heavy atom. The summed E-state index contributed by atoms with van der Waals surface area (Å²) in [7, 11) is 0. The van der Waals surface area contributed by atoms with E-state index in [0.29, 0.717) is 41.3 Å². The van der Waals surface area contributed by atoms with Crippen LogP contribution >= 0.6 is 0 Å². The van der Waals surface area contributed by atoms with Gasteiger partial charge in [-0.15, -0.1) is 0 Å². The number of nitrogens with zero attached hydrogens (tertiary/aromatic N) is 7. The summed E-state index contributed by atoms with van der Waals surface area (Å²) in [5, 5.41) is 7.27. The van der Waals surface area contributed by atoms with Crippen LogP contribution in [0.2, 0.25) is 0 Å².